The maximum atomic E-state index is 11.6. The van der Waals surface area contributed by atoms with Crippen molar-refractivity contribution >= 4 is 10.0 Å². The van der Waals surface area contributed by atoms with Gasteiger partial charge in [-0.1, -0.05) is 35.5 Å². The molecule has 0 aliphatic heterocycles. The second-order valence-electron chi connectivity index (χ2n) is 4.50. The van der Waals surface area contributed by atoms with Gasteiger partial charge in [0.05, 0.1) is 18.1 Å². The summed E-state index contributed by atoms with van der Waals surface area (Å²) in [5.74, 6) is 0.630. The van der Waals surface area contributed by atoms with Crippen LogP contribution < -0.4 is 4.72 Å². The molecule has 0 aliphatic rings. The lowest BCUT2D eigenvalue weighted by molar-refractivity contribution is 0.217. The highest BCUT2D eigenvalue weighted by molar-refractivity contribution is 7.89. The molecule has 0 atom stereocenters. The van der Waals surface area contributed by atoms with Crippen LogP contribution in [0.4, 0.5) is 0 Å². The van der Waals surface area contributed by atoms with Crippen molar-refractivity contribution in [2.45, 2.75) is 6.42 Å². The zero-order chi connectivity index (χ0) is 15.1. The molecule has 0 bridgehead atoms. The first-order valence-electron chi connectivity index (χ1n) is 6.58. The van der Waals surface area contributed by atoms with Crippen molar-refractivity contribution < 1.29 is 17.7 Å². The predicted octanol–water partition coefficient (Wildman–Crippen LogP) is 1.45. The summed E-state index contributed by atoms with van der Waals surface area (Å²) in [5, 5.41) is 3.94. The zero-order valence-electron chi connectivity index (χ0n) is 11.8. The third kappa shape index (κ3) is 4.96. The van der Waals surface area contributed by atoms with Crippen molar-refractivity contribution in [1.82, 2.24) is 9.88 Å². The summed E-state index contributed by atoms with van der Waals surface area (Å²) in [7, 11) is -1.82. The molecule has 0 aliphatic carbocycles. The Balaban J connectivity index is 1.86. The summed E-state index contributed by atoms with van der Waals surface area (Å²) in [6.07, 6.45) is 0.475. The number of aromatic nitrogens is 1. The first kappa shape index (κ1) is 15.7. The first-order valence-corrected chi connectivity index (χ1v) is 8.23. The van der Waals surface area contributed by atoms with E-state index in [9.17, 15) is 8.42 Å². The van der Waals surface area contributed by atoms with Crippen molar-refractivity contribution in [3.63, 3.8) is 0 Å². The lowest BCUT2D eigenvalue weighted by Crippen LogP contribution is -2.30. The molecule has 2 aromatic rings. The van der Waals surface area contributed by atoms with Crippen LogP contribution in [0.25, 0.3) is 11.3 Å². The van der Waals surface area contributed by atoms with Gasteiger partial charge in [0, 0.05) is 31.7 Å². The normalized spacial score (nSPS) is 11.7. The van der Waals surface area contributed by atoms with E-state index < -0.39 is 10.0 Å². The van der Waals surface area contributed by atoms with E-state index in [0.717, 1.165) is 5.56 Å². The largest absolute Gasteiger partial charge is 0.384 e. The third-order valence-corrected chi connectivity index (χ3v) is 4.22. The van der Waals surface area contributed by atoms with Crippen molar-refractivity contribution in [1.29, 1.82) is 0 Å². The average molecular weight is 310 g/mol. The molecular formula is C14H18N2O4S. The molecule has 6 nitrogen and oxygen atoms in total. The van der Waals surface area contributed by atoms with Crippen LogP contribution in [0, 0.1) is 0 Å². The molecule has 0 spiro atoms. The second-order valence-corrected chi connectivity index (χ2v) is 6.43. The van der Waals surface area contributed by atoms with Crippen LogP contribution in [0.2, 0.25) is 0 Å². The minimum Gasteiger partial charge on any atom is -0.384 e. The van der Waals surface area contributed by atoms with Gasteiger partial charge in [0.15, 0.2) is 5.76 Å². The smallest absolute Gasteiger partial charge is 0.213 e. The van der Waals surface area contributed by atoms with Gasteiger partial charge in [-0.2, -0.15) is 0 Å². The number of benzene rings is 1. The van der Waals surface area contributed by atoms with E-state index in [4.69, 9.17) is 9.26 Å². The fraction of sp³-hybridized carbons (Fsp3) is 0.357. The van der Waals surface area contributed by atoms with Crippen molar-refractivity contribution in [3.05, 3.63) is 42.1 Å². The summed E-state index contributed by atoms with van der Waals surface area (Å²) in [5.41, 5.74) is 1.65. The van der Waals surface area contributed by atoms with E-state index in [0.29, 0.717) is 17.9 Å². The molecule has 0 saturated heterocycles. The molecule has 0 fully saturated rings. The number of ether oxygens (including phenoxy) is 1. The Labute approximate surface area is 124 Å². The van der Waals surface area contributed by atoms with Gasteiger partial charge in [-0.15, -0.1) is 0 Å². The van der Waals surface area contributed by atoms with E-state index in [2.05, 4.69) is 9.88 Å². The molecule has 0 unspecified atom stereocenters. The molecule has 21 heavy (non-hydrogen) atoms. The zero-order valence-corrected chi connectivity index (χ0v) is 12.6. The van der Waals surface area contributed by atoms with Crippen molar-refractivity contribution in [2.24, 2.45) is 0 Å². The number of nitrogens with one attached hydrogen (secondary N) is 1. The number of hydrogen-bond acceptors (Lipinski definition) is 5. The van der Waals surface area contributed by atoms with E-state index >= 15 is 0 Å². The fourth-order valence-electron chi connectivity index (χ4n) is 1.77. The van der Waals surface area contributed by atoms with Gasteiger partial charge in [0.25, 0.3) is 0 Å². The minimum atomic E-state index is -3.29. The van der Waals surface area contributed by atoms with Gasteiger partial charge in [-0.3, -0.25) is 0 Å². The molecule has 0 saturated carbocycles. The maximum Gasteiger partial charge on any atom is 0.213 e. The van der Waals surface area contributed by atoms with Crippen LogP contribution in [0.5, 0.6) is 0 Å². The minimum absolute atomic E-state index is 0.0441. The Morgan fingerprint density at radius 2 is 2.05 bits per heavy atom. The van der Waals surface area contributed by atoms with E-state index in [-0.39, 0.29) is 18.9 Å². The monoisotopic (exact) mass is 310 g/mol. The van der Waals surface area contributed by atoms with Crippen molar-refractivity contribution in [2.75, 3.05) is 26.0 Å². The van der Waals surface area contributed by atoms with E-state index in [1.54, 1.807) is 0 Å². The van der Waals surface area contributed by atoms with E-state index in [1.807, 2.05) is 36.4 Å². The van der Waals surface area contributed by atoms with Crippen LogP contribution >= 0.6 is 0 Å². The maximum absolute atomic E-state index is 11.6. The Morgan fingerprint density at radius 1 is 1.29 bits per heavy atom. The Morgan fingerprint density at radius 3 is 2.76 bits per heavy atom. The van der Waals surface area contributed by atoms with Gasteiger partial charge >= 0.3 is 0 Å². The second kappa shape index (κ2) is 7.35. The highest BCUT2D eigenvalue weighted by Crippen LogP contribution is 2.19. The summed E-state index contributed by atoms with van der Waals surface area (Å²) in [4.78, 5) is 0. The number of hydrogen-bond donors (Lipinski definition) is 1. The molecule has 1 heterocycles. The standard InChI is InChI=1S/C14H18N2O4S/c1-19-9-10-21(17,18)15-8-7-13-11-14(20-16-13)12-5-3-2-4-6-12/h2-6,11,15H,7-10H2,1H3. The molecule has 0 amide bonds. The lowest BCUT2D eigenvalue weighted by Gasteiger charge is -2.04. The predicted molar refractivity (Wildman–Crippen MR) is 79.3 cm³/mol. The number of nitrogens with zero attached hydrogens (tertiary/aromatic N) is 1. The summed E-state index contributed by atoms with van der Waals surface area (Å²) >= 11 is 0. The Kier molecular flexibility index (Phi) is 5.49. The molecule has 1 aromatic heterocycles. The topological polar surface area (TPSA) is 81.4 Å². The van der Waals surface area contributed by atoms with Crippen molar-refractivity contribution in [3.8, 4) is 11.3 Å². The van der Waals surface area contributed by atoms with Crippen LogP contribution in [0.1, 0.15) is 5.69 Å². The highest BCUT2D eigenvalue weighted by atomic mass is 32.2. The molecule has 2 rings (SSSR count). The Bertz CT molecular complexity index is 653. The number of rotatable bonds is 8. The quantitative estimate of drug-likeness (QED) is 0.798. The number of methoxy groups -OCH3 is 1. The van der Waals surface area contributed by atoms with Gasteiger partial charge in [-0.25, -0.2) is 13.1 Å². The number of sulfonamides is 1. The van der Waals surface area contributed by atoms with Crippen LogP contribution in [0.3, 0.4) is 0 Å². The SMILES string of the molecule is COCCS(=O)(=O)NCCc1cc(-c2ccccc2)on1. The van der Waals surface area contributed by atoms with Gasteiger partial charge in [0.1, 0.15) is 0 Å². The summed E-state index contributed by atoms with van der Waals surface area (Å²) in [6.45, 7) is 0.463. The van der Waals surface area contributed by atoms with Gasteiger partial charge in [0.2, 0.25) is 10.0 Å². The van der Waals surface area contributed by atoms with Crippen LogP contribution in [-0.2, 0) is 21.2 Å². The highest BCUT2D eigenvalue weighted by Gasteiger charge is 2.10. The van der Waals surface area contributed by atoms with Gasteiger partial charge < -0.3 is 9.26 Å². The molecule has 1 aromatic carbocycles. The molecular weight excluding hydrogens is 292 g/mol. The molecule has 1 N–H and O–H groups in total. The van der Waals surface area contributed by atoms with Crippen LogP contribution in [-0.4, -0.2) is 39.6 Å². The summed E-state index contributed by atoms with van der Waals surface area (Å²) < 4.78 is 35.6. The first-order chi connectivity index (χ1) is 10.1. The van der Waals surface area contributed by atoms with Crippen LogP contribution in [0.15, 0.2) is 40.9 Å². The summed E-state index contributed by atoms with van der Waals surface area (Å²) in [6, 6.07) is 11.4. The molecule has 7 heteroatoms. The fourth-order valence-corrected chi connectivity index (χ4v) is 2.71. The molecule has 0 radical (unpaired) electrons. The third-order valence-electron chi connectivity index (χ3n) is 2.88. The Hall–Kier alpha value is -1.70. The van der Waals surface area contributed by atoms with Gasteiger partial charge in [-0.05, 0) is 0 Å². The molecule has 114 valence electrons. The van der Waals surface area contributed by atoms with E-state index in [1.165, 1.54) is 7.11 Å². The average Bonchev–Trinajstić information content (AvgIpc) is 2.95. The lowest BCUT2D eigenvalue weighted by atomic mass is 10.1.